The Bertz CT molecular complexity index is 986. The molecular formula is C21H21N3O2. The Balaban J connectivity index is 1.56. The number of para-hydroxylation sites is 1. The average molecular weight is 347 g/mol. The number of nitrogens with one attached hydrogen (secondary N) is 2. The van der Waals surface area contributed by atoms with Gasteiger partial charge in [0.2, 0.25) is 5.56 Å². The zero-order valence-corrected chi connectivity index (χ0v) is 14.5. The number of carbonyl (C=O) groups is 1. The number of benzene rings is 2. The molecule has 4 rings (SSSR count). The highest BCUT2D eigenvalue weighted by Crippen LogP contribution is 2.22. The molecule has 0 bridgehead atoms. The molecule has 1 aromatic heterocycles. The van der Waals surface area contributed by atoms with E-state index >= 15 is 0 Å². The number of hydrogen-bond acceptors (Lipinski definition) is 3. The van der Waals surface area contributed by atoms with Crippen LogP contribution in [-0.2, 0) is 0 Å². The number of anilines is 2. The summed E-state index contributed by atoms with van der Waals surface area (Å²) in [5, 5.41) is 3.63. The van der Waals surface area contributed by atoms with Gasteiger partial charge in [0.05, 0.1) is 5.56 Å². The van der Waals surface area contributed by atoms with Gasteiger partial charge in [-0.2, -0.15) is 0 Å². The van der Waals surface area contributed by atoms with Gasteiger partial charge in [-0.15, -0.1) is 0 Å². The Labute approximate surface area is 151 Å². The standard InChI is InChI=1S/C21H21N3O2/c25-20-14-18(17-6-2-3-7-19(17)23-20)21(26)22-15-8-10-16(11-9-15)24-12-4-1-5-13-24/h2-3,6-11,14H,1,4-5,12-13H2,(H,22,26)(H,23,25). The second-order valence-corrected chi connectivity index (χ2v) is 6.64. The molecule has 5 nitrogen and oxygen atoms in total. The van der Waals surface area contributed by atoms with Crippen LogP contribution in [0.25, 0.3) is 10.9 Å². The van der Waals surface area contributed by atoms with E-state index in [0.29, 0.717) is 11.1 Å². The summed E-state index contributed by atoms with van der Waals surface area (Å²) >= 11 is 0. The van der Waals surface area contributed by atoms with Crippen molar-refractivity contribution in [3.63, 3.8) is 0 Å². The summed E-state index contributed by atoms with van der Waals surface area (Å²) in [6.07, 6.45) is 3.76. The largest absolute Gasteiger partial charge is 0.372 e. The molecule has 2 N–H and O–H groups in total. The first-order chi connectivity index (χ1) is 12.7. The van der Waals surface area contributed by atoms with Crippen molar-refractivity contribution in [3.05, 3.63) is 70.5 Å². The lowest BCUT2D eigenvalue weighted by Gasteiger charge is -2.28. The highest BCUT2D eigenvalue weighted by molar-refractivity contribution is 6.12. The van der Waals surface area contributed by atoms with Crippen molar-refractivity contribution in [1.29, 1.82) is 0 Å². The third-order valence-corrected chi connectivity index (χ3v) is 4.84. The van der Waals surface area contributed by atoms with Crippen LogP contribution in [0.1, 0.15) is 29.6 Å². The molecule has 1 fully saturated rings. The summed E-state index contributed by atoms with van der Waals surface area (Å²) in [7, 11) is 0. The number of pyridine rings is 1. The minimum atomic E-state index is -0.283. The molecule has 1 saturated heterocycles. The predicted octanol–water partition coefficient (Wildman–Crippen LogP) is 3.77. The maximum atomic E-state index is 12.7. The van der Waals surface area contributed by atoms with E-state index in [2.05, 4.69) is 15.2 Å². The Morgan fingerprint density at radius 3 is 2.46 bits per heavy atom. The Kier molecular flexibility index (Phi) is 4.44. The summed E-state index contributed by atoms with van der Waals surface area (Å²) in [4.78, 5) is 29.7. The molecule has 2 heterocycles. The lowest BCUT2D eigenvalue weighted by molar-refractivity contribution is 0.102. The van der Waals surface area contributed by atoms with Crippen LogP contribution >= 0.6 is 0 Å². The summed E-state index contributed by atoms with van der Waals surface area (Å²) in [5.74, 6) is -0.280. The first kappa shape index (κ1) is 16.4. The van der Waals surface area contributed by atoms with Gasteiger partial charge in [-0.1, -0.05) is 18.2 Å². The van der Waals surface area contributed by atoms with E-state index < -0.39 is 0 Å². The van der Waals surface area contributed by atoms with Gasteiger partial charge in [0.1, 0.15) is 0 Å². The SMILES string of the molecule is O=C(Nc1ccc(N2CCCCC2)cc1)c1cc(=O)[nH]c2ccccc12. The molecule has 2 aromatic carbocycles. The Morgan fingerprint density at radius 1 is 0.962 bits per heavy atom. The van der Waals surface area contributed by atoms with Crippen molar-refractivity contribution in [2.75, 3.05) is 23.3 Å². The number of fused-ring (bicyclic) bond motifs is 1. The number of hydrogen-bond donors (Lipinski definition) is 2. The number of piperidine rings is 1. The van der Waals surface area contributed by atoms with Crippen LogP contribution in [0.3, 0.4) is 0 Å². The molecule has 0 aliphatic carbocycles. The van der Waals surface area contributed by atoms with Crippen molar-refractivity contribution in [2.45, 2.75) is 19.3 Å². The van der Waals surface area contributed by atoms with E-state index in [1.54, 1.807) is 6.07 Å². The third-order valence-electron chi connectivity index (χ3n) is 4.84. The summed E-state index contributed by atoms with van der Waals surface area (Å²) < 4.78 is 0. The van der Waals surface area contributed by atoms with Crippen LogP contribution in [-0.4, -0.2) is 24.0 Å². The molecule has 1 aliphatic rings. The fourth-order valence-electron chi connectivity index (χ4n) is 3.50. The molecule has 1 aliphatic heterocycles. The fourth-order valence-corrected chi connectivity index (χ4v) is 3.50. The first-order valence-corrected chi connectivity index (χ1v) is 8.99. The van der Waals surface area contributed by atoms with Crippen molar-refractivity contribution in [3.8, 4) is 0 Å². The van der Waals surface area contributed by atoms with Crippen molar-refractivity contribution in [2.24, 2.45) is 0 Å². The van der Waals surface area contributed by atoms with E-state index in [4.69, 9.17) is 0 Å². The zero-order valence-electron chi connectivity index (χ0n) is 14.5. The van der Waals surface area contributed by atoms with E-state index in [0.717, 1.165) is 24.2 Å². The Hall–Kier alpha value is -3.08. The molecule has 132 valence electrons. The lowest BCUT2D eigenvalue weighted by atomic mass is 10.1. The molecule has 0 unspecified atom stereocenters. The summed E-state index contributed by atoms with van der Waals surface area (Å²) in [5.41, 5.74) is 2.66. The van der Waals surface area contributed by atoms with Crippen molar-refractivity contribution in [1.82, 2.24) is 4.98 Å². The van der Waals surface area contributed by atoms with Gasteiger partial charge in [0.25, 0.3) is 5.91 Å². The maximum Gasteiger partial charge on any atom is 0.256 e. The van der Waals surface area contributed by atoms with Gasteiger partial charge >= 0.3 is 0 Å². The highest BCUT2D eigenvalue weighted by Gasteiger charge is 2.13. The van der Waals surface area contributed by atoms with E-state index in [1.807, 2.05) is 42.5 Å². The third kappa shape index (κ3) is 3.33. The molecule has 5 heteroatoms. The van der Waals surface area contributed by atoms with E-state index in [1.165, 1.54) is 31.0 Å². The zero-order chi connectivity index (χ0) is 17.9. The quantitative estimate of drug-likeness (QED) is 0.758. The molecule has 0 atom stereocenters. The maximum absolute atomic E-state index is 12.7. The predicted molar refractivity (Wildman–Crippen MR) is 105 cm³/mol. The van der Waals surface area contributed by atoms with Gasteiger partial charge in [-0.25, -0.2) is 0 Å². The molecular weight excluding hydrogens is 326 g/mol. The van der Waals surface area contributed by atoms with Gasteiger partial charge in [0.15, 0.2) is 0 Å². The van der Waals surface area contributed by atoms with Crippen LogP contribution in [0, 0.1) is 0 Å². The van der Waals surface area contributed by atoms with Gasteiger partial charge in [0, 0.05) is 41.4 Å². The van der Waals surface area contributed by atoms with Crippen LogP contribution in [0.4, 0.5) is 11.4 Å². The second-order valence-electron chi connectivity index (χ2n) is 6.64. The number of amides is 1. The fraction of sp³-hybridized carbons (Fsp3) is 0.238. The molecule has 0 saturated carbocycles. The number of carbonyl (C=O) groups excluding carboxylic acids is 1. The van der Waals surface area contributed by atoms with Gasteiger partial charge < -0.3 is 15.2 Å². The molecule has 0 radical (unpaired) electrons. The molecule has 3 aromatic rings. The molecule has 1 amide bonds. The van der Waals surface area contributed by atoms with Crippen LogP contribution < -0.4 is 15.8 Å². The summed E-state index contributed by atoms with van der Waals surface area (Å²) in [6.45, 7) is 2.18. The van der Waals surface area contributed by atoms with Crippen LogP contribution in [0.5, 0.6) is 0 Å². The van der Waals surface area contributed by atoms with Gasteiger partial charge in [-0.05, 0) is 49.6 Å². The number of aromatic nitrogens is 1. The van der Waals surface area contributed by atoms with E-state index in [9.17, 15) is 9.59 Å². The van der Waals surface area contributed by atoms with E-state index in [-0.39, 0.29) is 11.5 Å². The average Bonchev–Trinajstić information content (AvgIpc) is 2.68. The van der Waals surface area contributed by atoms with Gasteiger partial charge in [-0.3, -0.25) is 9.59 Å². The first-order valence-electron chi connectivity index (χ1n) is 8.99. The number of aromatic amines is 1. The van der Waals surface area contributed by atoms with Crippen LogP contribution in [0.15, 0.2) is 59.4 Å². The Morgan fingerprint density at radius 2 is 1.69 bits per heavy atom. The van der Waals surface area contributed by atoms with Crippen LogP contribution in [0.2, 0.25) is 0 Å². The van der Waals surface area contributed by atoms with Crippen molar-refractivity contribution >= 4 is 28.2 Å². The minimum Gasteiger partial charge on any atom is -0.372 e. The normalized spacial score (nSPS) is 14.4. The topological polar surface area (TPSA) is 65.2 Å². The molecule has 0 spiro atoms. The number of rotatable bonds is 3. The molecule has 26 heavy (non-hydrogen) atoms. The minimum absolute atomic E-state index is 0.280. The monoisotopic (exact) mass is 347 g/mol. The highest BCUT2D eigenvalue weighted by atomic mass is 16.2. The smallest absolute Gasteiger partial charge is 0.256 e. The summed E-state index contributed by atoms with van der Waals surface area (Å²) in [6, 6.07) is 16.6. The number of nitrogens with zero attached hydrogens (tertiary/aromatic N) is 1. The van der Waals surface area contributed by atoms with Crippen molar-refractivity contribution < 1.29 is 4.79 Å². The lowest BCUT2D eigenvalue weighted by Crippen LogP contribution is -2.29. The number of H-pyrrole nitrogens is 1. The second kappa shape index (κ2) is 7.04.